The number of hydrogen-bond acceptors (Lipinski definition) is 6. The minimum absolute atomic E-state index is 0.0183. The van der Waals surface area contributed by atoms with E-state index in [0.717, 1.165) is 16.7 Å². The maximum absolute atomic E-state index is 13.5. The van der Waals surface area contributed by atoms with Crippen LogP contribution < -0.4 is 9.64 Å². The summed E-state index contributed by atoms with van der Waals surface area (Å²) < 4.78 is 10.6. The lowest BCUT2D eigenvalue weighted by Gasteiger charge is -2.26. The third kappa shape index (κ3) is 5.43. The van der Waals surface area contributed by atoms with Crippen LogP contribution in [0.3, 0.4) is 0 Å². The number of benzene rings is 3. The summed E-state index contributed by atoms with van der Waals surface area (Å²) in [7, 11) is 1.60. The van der Waals surface area contributed by atoms with Gasteiger partial charge in [0.2, 0.25) is 0 Å². The molecule has 0 aromatic heterocycles. The normalized spacial score (nSPS) is 16.6. The van der Waals surface area contributed by atoms with Crippen molar-refractivity contribution in [3.63, 3.8) is 0 Å². The highest BCUT2D eigenvalue weighted by Crippen LogP contribution is 2.43. The van der Waals surface area contributed by atoms with Crippen molar-refractivity contribution in [3.05, 3.63) is 100 Å². The number of aliphatic hydroxyl groups is 1. The molecule has 1 unspecified atom stereocenters. The lowest BCUT2D eigenvalue weighted by Crippen LogP contribution is -2.29. The Morgan fingerprint density at radius 2 is 1.69 bits per heavy atom. The predicted molar refractivity (Wildman–Crippen MR) is 150 cm³/mol. The van der Waals surface area contributed by atoms with Crippen molar-refractivity contribution < 1.29 is 29.0 Å². The van der Waals surface area contributed by atoms with Gasteiger partial charge in [-0.15, -0.1) is 0 Å². The van der Waals surface area contributed by atoms with Crippen molar-refractivity contribution in [2.45, 2.75) is 46.1 Å². The molecule has 1 heterocycles. The zero-order valence-corrected chi connectivity index (χ0v) is 22.9. The van der Waals surface area contributed by atoms with E-state index in [0.29, 0.717) is 29.2 Å². The van der Waals surface area contributed by atoms with Crippen molar-refractivity contribution in [2.24, 2.45) is 0 Å². The molecule has 1 atom stereocenters. The van der Waals surface area contributed by atoms with Crippen LogP contribution in [0.25, 0.3) is 5.76 Å². The average molecular weight is 528 g/mol. The van der Waals surface area contributed by atoms with Crippen molar-refractivity contribution >= 4 is 29.1 Å². The number of carbonyl (C=O) groups excluding carboxylic acids is 3. The minimum atomic E-state index is -0.842. The van der Waals surface area contributed by atoms with E-state index in [1.54, 1.807) is 38.3 Å². The molecule has 0 spiro atoms. The second kappa shape index (κ2) is 11.6. The molecule has 1 saturated heterocycles. The van der Waals surface area contributed by atoms with Crippen molar-refractivity contribution in [3.8, 4) is 5.75 Å². The minimum Gasteiger partial charge on any atom is -0.507 e. The number of hydrogen-bond donors (Lipinski definition) is 1. The quantitative estimate of drug-likeness (QED) is 0.171. The predicted octanol–water partition coefficient (Wildman–Crippen LogP) is 5.86. The van der Waals surface area contributed by atoms with Gasteiger partial charge >= 0.3 is 5.97 Å². The number of Topliss-reactive ketones (excluding diaryl/α,β-unsaturated/α-hetero) is 1. The topological polar surface area (TPSA) is 93.1 Å². The van der Waals surface area contributed by atoms with Crippen LogP contribution in [0, 0.1) is 6.92 Å². The summed E-state index contributed by atoms with van der Waals surface area (Å²) in [6, 6.07) is 18.8. The highest BCUT2D eigenvalue weighted by Gasteiger charge is 2.47. The molecule has 1 aliphatic heterocycles. The molecule has 1 fully saturated rings. The second-order valence-electron chi connectivity index (χ2n) is 9.79. The van der Waals surface area contributed by atoms with Gasteiger partial charge in [0.15, 0.2) is 0 Å². The van der Waals surface area contributed by atoms with Crippen LogP contribution in [0.2, 0.25) is 0 Å². The largest absolute Gasteiger partial charge is 0.507 e. The van der Waals surface area contributed by atoms with Crippen LogP contribution in [0.4, 0.5) is 5.69 Å². The number of ketones is 1. The molecule has 3 aromatic rings. The Kier molecular flexibility index (Phi) is 8.19. The molecule has 4 rings (SSSR count). The zero-order chi connectivity index (χ0) is 28.3. The molecule has 0 bridgehead atoms. The van der Waals surface area contributed by atoms with Crippen LogP contribution in [0.5, 0.6) is 5.75 Å². The fraction of sp³-hybridized carbons (Fsp3) is 0.281. The average Bonchev–Trinajstić information content (AvgIpc) is 3.19. The number of rotatable bonds is 8. The first-order chi connectivity index (χ1) is 18.7. The molecule has 0 saturated carbocycles. The fourth-order valence-corrected chi connectivity index (χ4v) is 4.93. The smallest absolute Gasteiger partial charge is 0.310 e. The molecule has 1 N–H and O–H groups in total. The van der Waals surface area contributed by atoms with Crippen LogP contribution in [-0.2, 0) is 25.5 Å². The number of anilines is 1. The van der Waals surface area contributed by atoms with E-state index in [9.17, 15) is 19.5 Å². The summed E-state index contributed by atoms with van der Waals surface area (Å²) in [6.45, 7) is 7.91. The molecule has 7 nitrogen and oxygen atoms in total. The van der Waals surface area contributed by atoms with Gasteiger partial charge in [-0.05, 0) is 66.3 Å². The second-order valence-corrected chi connectivity index (χ2v) is 9.79. The summed E-state index contributed by atoms with van der Waals surface area (Å²) in [5, 5.41) is 11.6. The lowest BCUT2D eigenvalue weighted by molar-refractivity contribution is -0.142. The van der Waals surface area contributed by atoms with Crippen LogP contribution >= 0.6 is 0 Å². The number of methoxy groups -OCH3 is 1. The Hall–Kier alpha value is -4.39. The summed E-state index contributed by atoms with van der Waals surface area (Å²) in [6.07, 6.45) is 0.101. The summed E-state index contributed by atoms with van der Waals surface area (Å²) >= 11 is 0. The first-order valence-corrected chi connectivity index (χ1v) is 13.0. The number of aliphatic hydroxyl groups excluding tert-OH is 1. The highest BCUT2D eigenvalue weighted by molar-refractivity contribution is 6.51. The van der Waals surface area contributed by atoms with Gasteiger partial charge in [0.1, 0.15) is 11.5 Å². The number of aryl methyl sites for hydroxylation is 1. The van der Waals surface area contributed by atoms with Crippen molar-refractivity contribution in [1.29, 1.82) is 0 Å². The van der Waals surface area contributed by atoms with E-state index in [1.807, 2.05) is 63.2 Å². The van der Waals surface area contributed by atoms with Gasteiger partial charge in [-0.2, -0.15) is 0 Å². The molecule has 39 heavy (non-hydrogen) atoms. The SMILES string of the molecule is CCOC(=O)Cc1ccc(N2C(=O)C(=O)/C(=C(/O)c3cc(C(C)C)c(OC)cc3C)C2c2ccccc2)cc1. The molecule has 7 heteroatoms. The van der Waals surface area contributed by atoms with E-state index in [1.165, 1.54) is 4.90 Å². The fourth-order valence-electron chi connectivity index (χ4n) is 4.93. The van der Waals surface area contributed by atoms with E-state index >= 15 is 0 Å². The standard InChI is InChI=1S/C32H33NO6/c1-6-39-27(34)17-21-12-14-23(15-13-21)33-29(22-10-8-7-9-11-22)28(31(36)32(33)37)30(35)25-18-24(19(2)3)26(38-5)16-20(25)4/h7-16,18-19,29,35H,6,17H2,1-5H3/b30-28+. The van der Waals surface area contributed by atoms with E-state index < -0.39 is 17.7 Å². The van der Waals surface area contributed by atoms with Gasteiger partial charge in [0.05, 0.1) is 31.8 Å². The van der Waals surface area contributed by atoms with Gasteiger partial charge in [-0.25, -0.2) is 0 Å². The molecule has 1 amide bonds. The lowest BCUT2D eigenvalue weighted by atomic mass is 9.91. The maximum atomic E-state index is 13.5. The molecular formula is C32H33NO6. The van der Waals surface area contributed by atoms with Crippen molar-refractivity contribution in [2.75, 3.05) is 18.6 Å². The van der Waals surface area contributed by atoms with Gasteiger partial charge in [0, 0.05) is 11.3 Å². The number of amides is 1. The third-order valence-corrected chi connectivity index (χ3v) is 6.88. The van der Waals surface area contributed by atoms with Crippen LogP contribution in [0.1, 0.15) is 60.5 Å². The number of nitrogens with zero attached hydrogens (tertiary/aromatic N) is 1. The Morgan fingerprint density at radius 3 is 2.28 bits per heavy atom. The maximum Gasteiger partial charge on any atom is 0.310 e. The Morgan fingerprint density at radius 1 is 1.03 bits per heavy atom. The highest BCUT2D eigenvalue weighted by atomic mass is 16.5. The molecule has 0 aliphatic carbocycles. The molecule has 1 aliphatic rings. The Bertz CT molecular complexity index is 1420. The number of ether oxygens (including phenoxy) is 2. The number of carbonyl (C=O) groups is 3. The molecule has 0 radical (unpaired) electrons. The molecule has 202 valence electrons. The first kappa shape index (κ1) is 27.6. The van der Waals surface area contributed by atoms with E-state index in [-0.39, 0.29) is 29.6 Å². The summed E-state index contributed by atoms with van der Waals surface area (Å²) in [4.78, 5) is 40.3. The van der Waals surface area contributed by atoms with E-state index in [2.05, 4.69) is 0 Å². The van der Waals surface area contributed by atoms with E-state index in [4.69, 9.17) is 9.47 Å². The third-order valence-electron chi connectivity index (χ3n) is 6.88. The molecule has 3 aromatic carbocycles. The van der Waals surface area contributed by atoms with Crippen LogP contribution in [0.15, 0.2) is 72.3 Å². The van der Waals surface area contributed by atoms with Gasteiger partial charge < -0.3 is 14.6 Å². The first-order valence-electron chi connectivity index (χ1n) is 13.0. The Labute approximate surface area is 228 Å². The summed E-state index contributed by atoms with van der Waals surface area (Å²) in [5.74, 6) is -1.28. The summed E-state index contributed by atoms with van der Waals surface area (Å²) in [5.41, 5.74) is 3.98. The van der Waals surface area contributed by atoms with Crippen molar-refractivity contribution in [1.82, 2.24) is 0 Å². The van der Waals surface area contributed by atoms with Gasteiger partial charge in [-0.1, -0.05) is 56.3 Å². The van der Waals surface area contributed by atoms with Gasteiger partial charge in [-0.3, -0.25) is 19.3 Å². The number of esters is 1. The van der Waals surface area contributed by atoms with Gasteiger partial charge in [0.25, 0.3) is 11.7 Å². The zero-order valence-electron chi connectivity index (χ0n) is 22.9. The molecular weight excluding hydrogens is 494 g/mol. The van der Waals surface area contributed by atoms with Crippen LogP contribution in [-0.4, -0.2) is 36.5 Å². The Balaban J connectivity index is 1.85. The monoisotopic (exact) mass is 527 g/mol.